The molecule has 0 aliphatic heterocycles. The van der Waals surface area contributed by atoms with Crippen molar-refractivity contribution >= 4 is 11.8 Å². The summed E-state index contributed by atoms with van der Waals surface area (Å²) in [5, 5.41) is 0.363. The Morgan fingerprint density at radius 2 is 2.06 bits per heavy atom. The molecule has 100 valence electrons. The highest BCUT2D eigenvalue weighted by Gasteiger charge is 2.19. The Bertz CT molecular complexity index is 363. The smallest absolute Gasteiger partial charge is 0.123 e. The molecule has 0 bridgehead atoms. The third kappa shape index (κ3) is 3.42. The van der Waals surface area contributed by atoms with Crippen LogP contribution in [-0.4, -0.2) is 19.4 Å². The van der Waals surface area contributed by atoms with E-state index >= 15 is 0 Å². The van der Waals surface area contributed by atoms with Gasteiger partial charge in [-0.15, -0.1) is 0 Å². The van der Waals surface area contributed by atoms with Gasteiger partial charge >= 0.3 is 0 Å². The van der Waals surface area contributed by atoms with Gasteiger partial charge in [0.05, 0.1) is 7.11 Å². The van der Waals surface area contributed by atoms with E-state index in [1.54, 1.807) is 7.11 Å². The molecule has 0 saturated heterocycles. The molecule has 2 rings (SSSR count). The summed E-state index contributed by atoms with van der Waals surface area (Å²) >= 11 is 2.00. The maximum atomic E-state index is 5.94. The molecule has 2 N–H and O–H groups in total. The van der Waals surface area contributed by atoms with E-state index in [9.17, 15) is 0 Å². The summed E-state index contributed by atoms with van der Waals surface area (Å²) in [6.07, 6.45) is 5.62. The van der Waals surface area contributed by atoms with Crippen molar-refractivity contribution in [2.24, 2.45) is 11.7 Å². The second-order valence-corrected chi connectivity index (χ2v) is 6.19. The zero-order valence-electron chi connectivity index (χ0n) is 11.1. The highest BCUT2D eigenvalue weighted by atomic mass is 32.2. The molecule has 2 nitrogen and oxygen atoms in total. The fraction of sp³-hybridized carbons (Fsp3) is 0.600. The van der Waals surface area contributed by atoms with Crippen molar-refractivity contribution in [3.05, 3.63) is 29.8 Å². The van der Waals surface area contributed by atoms with Crippen LogP contribution in [0, 0.1) is 5.92 Å². The Morgan fingerprint density at radius 1 is 1.33 bits per heavy atom. The SMILES string of the molecule is COc1ccccc1C(CN)SCC1CCCC1. The molecule has 1 atom stereocenters. The number of para-hydroxylation sites is 1. The molecule has 0 aromatic heterocycles. The van der Waals surface area contributed by atoms with Gasteiger partial charge < -0.3 is 10.5 Å². The van der Waals surface area contributed by atoms with Crippen LogP contribution in [-0.2, 0) is 0 Å². The first-order valence-corrected chi connectivity index (χ1v) is 7.84. The van der Waals surface area contributed by atoms with Crippen molar-refractivity contribution < 1.29 is 4.74 Å². The molecule has 1 aliphatic carbocycles. The second-order valence-electron chi connectivity index (χ2n) is 4.95. The first kappa shape index (κ1) is 13.8. The summed E-state index contributed by atoms with van der Waals surface area (Å²) in [5.74, 6) is 3.10. The van der Waals surface area contributed by atoms with Crippen LogP contribution in [0.25, 0.3) is 0 Å². The van der Waals surface area contributed by atoms with E-state index in [2.05, 4.69) is 12.1 Å². The van der Waals surface area contributed by atoms with Gasteiger partial charge in [0.15, 0.2) is 0 Å². The number of rotatable bonds is 6. The van der Waals surface area contributed by atoms with Crippen molar-refractivity contribution in [3.63, 3.8) is 0 Å². The molecule has 1 aliphatic rings. The maximum absolute atomic E-state index is 5.94. The standard InChI is InChI=1S/C15H23NOS/c1-17-14-9-5-4-8-13(14)15(10-16)18-11-12-6-2-3-7-12/h4-5,8-9,12,15H,2-3,6-7,10-11,16H2,1H3. The highest BCUT2D eigenvalue weighted by molar-refractivity contribution is 7.99. The van der Waals surface area contributed by atoms with Gasteiger partial charge in [0, 0.05) is 17.4 Å². The first-order chi connectivity index (χ1) is 8.85. The summed E-state index contributed by atoms with van der Waals surface area (Å²) in [4.78, 5) is 0. The minimum atomic E-state index is 0.363. The molecule has 1 aromatic rings. The lowest BCUT2D eigenvalue weighted by Crippen LogP contribution is -2.12. The number of nitrogens with two attached hydrogens (primary N) is 1. The molecule has 1 fully saturated rings. The Balaban J connectivity index is 1.98. The molecular weight excluding hydrogens is 242 g/mol. The topological polar surface area (TPSA) is 35.2 Å². The molecule has 3 heteroatoms. The normalized spacial score (nSPS) is 17.9. The van der Waals surface area contributed by atoms with Crippen LogP contribution in [0.4, 0.5) is 0 Å². The Morgan fingerprint density at radius 3 is 2.72 bits per heavy atom. The van der Waals surface area contributed by atoms with E-state index < -0.39 is 0 Å². The van der Waals surface area contributed by atoms with Gasteiger partial charge in [0.1, 0.15) is 5.75 Å². The fourth-order valence-corrected chi connectivity index (χ4v) is 3.99. The van der Waals surface area contributed by atoms with E-state index in [1.807, 2.05) is 23.9 Å². The number of benzene rings is 1. The van der Waals surface area contributed by atoms with Gasteiger partial charge in [0.25, 0.3) is 0 Å². The van der Waals surface area contributed by atoms with Crippen molar-refractivity contribution in [1.82, 2.24) is 0 Å². The van der Waals surface area contributed by atoms with E-state index in [1.165, 1.54) is 37.0 Å². The van der Waals surface area contributed by atoms with E-state index in [4.69, 9.17) is 10.5 Å². The average Bonchev–Trinajstić information content (AvgIpc) is 2.93. The van der Waals surface area contributed by atoms with E-state index in [0.717, 1.165) is 11.7 Å². The lowest BCUT2D eigenvalue weighted by molar-refractivity contribution is 0.409. The fourth-order valence-electron chi connectivity index (χ4n) is 2.65. The Hall–Kier alpha value is -0.670. The number of thioether (sulfide) groups is 1. The molecule has 0 radical (unpaired) electrons. The van der Waals surface area contributed by atoms with Crippen LogP contribution in [0.15, 0.2) is 24.3 Å². The summed E-state index contributed by atoms with van der Waals surface area (Å²) in [5.41, 5.74) is 7.18. The predicted octanol–water partition coefficient (Wildman–Crippen LogP) is 3.62. The van der Waals surface area contributed by atoms with Crippen LogP contribution in [0.2, 0.25) is 0 Å². The summed E-state index contributed by atoms with van der Waals surface area (Å²) in [6, 6.07) is 8.24. The van der Waals surface area contributed by atoms with Crippen LogP contribution in [0.3, 0.4) is 0 Å². The second kappa shape index (κ2) is 7.05. The third-order valence-corrected chi connectivity index (χ3v) is 5.22. The van der Waals surface area contributed by atoms with Gasteiger partial charge in [-0.1, -0.05) is 31.0 Å². The average molecular weight is 265 g/mol. The summed E-state index contributed by atoms with van der Waals surface area (Å²) in [7, 11) is 1.73. The van der Waals surface area contributed by atoms with Gasteiger partial charge in [-0.3, -0.25) is 0 Å². The van der Waals surface area contributed by atoms with Gasteiger partial charge in [-0.05, 0) is 30.6 Å². The van der Waals surface area contributed by atoms with Crippen molar-refractivity contribution in [2.75, 3.05) is 19.4 Å². The van der Waals surface area contributed by atoms with Crippen LogP contribution < -0.4 is 10.5 Å². The van der Waals surface area contributed by atoms with E-state index in [0.29, 0.717) is 11.8 Å². The lowest BCUT2D eigenvalue weighted by Gasteiger charge is -2.19. The van der Waals surface area contributed by atoms with Crippen molar-refractivity contribution in [3.8, 4) is 5.75 Å². The molecule has 1 aromatic carbocycles. The largest absolute Gasteiger partial charge is 0.496 e. The zero-order chi connectivity index (χ0) is 12.8. The highest BCUT2D eigenvalue weighted by Crippen LogP contribution is 2.37. The van der Waals surface area contributed by atoms with Crippen LogP contribution >= 0.6 is 11.8 Å². The van der Waals surface area contributed by atoms with Crippen molar-refractivity contribution in [2.45, 2.75) is 30.9 Å². The Kier molecular flexibility index (Phi) is 5.39. The molecule has 1 saturated carbocycles. The third-order valence-electron chi connectivity index (χ3n) is 3.71. The zero-order valence-corrected chi connectivity index (χ0v) is 11.9. The summed E-state index contributed by atoms with van der Waals surface area (Å²) < 4.78 is 5.43. The number of methoxy groups -OCH3 is 1. The lowest BCUT2D eigenvalue weighted by atomic mass is 10.1. The monoisotopic (exact) mass is 265 g/mol. The molecule has 0 spiro atoms. The first-order valence-electron chi connectivity index (χ1n) is 6.79. The van der Waals surface area contributed by atoms with Gasteiger partial charge in [-0.2, -0.15) is 11.8 Å². The van der Waals surface area contributed by atoms with Crippen LogP contribution in [0.1, 0.15) is 36.5 Å². The molecule has 18 heavy (non-hydrogen) atoms. The molecule has 0 amide bonds. The number of hydrogen-bond acceptors (Lipinski definition) is 3. The van der Waals surface area contributed by atoms with Gasteiger partial charge in [0.2, 0.25) is 0 Å². The minimum Gasteiger partial charge on any atom is -0.496 e. The van der Waals surface area contributed by atoms with Crippen molar-refractivity contribution in [1.29, 1.82) is 0 Å². The minimum absolute atomic E-state index is 0.363. The molecule has 1 unspecified atom stereocenters. The molecule has 0 heterocycles. The quantitative estimate of drug-likeness (QED) is 0.853. The maximum Gasteiger partial charge on any atom is 0.123 e. The number of ether oxygens (including phenoxy) is 1. The molecular formula is C15H23NOS. The number of hydrogen-bond donors (Lipinski definition) is 1. The predicted molar refractivity (Wildman–Crippen MR) is 79.2 cm³/mol. The summed E-state index contributed by atoms with van der Waals surface area (Å²) in [6.45, 7) is 0.678. The van der Waals surface area contributed by atoms with Crippen LogP contribution in [0.5, 0.6) is 5.75 Å². The van der Waals surface area contributed by atoms with E-state index in [-0.39, 0.29) is 0 Å². The Labute approximate surface area is 114 Å². The van der Waals surface area contributed by atoms with Gasteiger partial charge in [-0.25, -0.2) is 0 Å².